The number of aromatic nitrogens is 1. The van der Waals surface area contributed by atoms with Gasteiger partial charge in [-0.1, -0.05) is 0 Å². The summed E-state index contributed by atoms with van der Waals surface area (Å²) in [5.41, 5.74) is 7.37. The van der Waals surface area contributed by atoms with E-state index in [0.717, 1.165) is 5.56 Å². The molecule has 1 aliphatic rings. The average molecular weight is 270 g/mol. The third-order valence-electron chi connectivity index (χ3n) is 3.28. The van der Waals surface area contributed by atoms with Crippen LogP contribution in [0.1, 0.15) is 25.3 Å². The summed E-state index contributed by atoms with van der Waals surface area (Å²) < 4.78 is 7.20. The lowest BCUT2D eigenvalue weighted by atomic mass is 9.82. The van der Waals surface area contributed by atoms with E-state index in [-0.39, 0.29) is 17.2 Å². The van der Waals surface area contributed by atoms with Crippen LogP contribution in [-0.2, 0) is 16.6 Å². The van der Waals surface area contributed by atoms with Crippen molar-refractivity contribution in [1.29, 1.82) is 5.26 Å². The van der Waals surface area contributed by atoms with Gasteiger partial charge in [0.05, 0.1) is 5.92 Å². The van der Waals surface area contributed by atoms with Gasteiger partial charge in [0.1, 0.15) is 24.4 Å². The van der Waals surface area contributed by atoms with Crippen LogP contribution < -0.4 is 10.3 Å². The highest BCUT2D eigenvalue weighted by atomic mass is 16.5. The predicted octanol–water partition coefficient (Wildman–Crippen LogP) is 1.18. The van der Waals surface area contributed by atoms with E-state index in [0.29, 0.717) is 11.3 Å². The quantitative estimate of drug-likeness (QED) is 0.818. The van der Waals surface area contributed by atoms with Crippen molar-refractivity contribution >= 4 is 5.78 Å². The smallest absolute Gasteiger partial charge is 0.205 e. The molecule has 0 saturated carbocycles. The van der Waals surface area contributed by atoms with Crippen LogP contribution in [0.3, 0.4) is 0 Å². The summed E-state index contributed by atoms with van der Waals surface area (Å²) in [5.74, 6) is -0.0880. The van der Waals surface area contributed by atoms with Crippen molar-refractivity contribution < 1.29 is 14.1 Å². The molecule has 0 bridgehead atoms. The monoisotopic (exact) mass is 270 g/mol. The number of ketones is 1. The van der Waals surface area contributed by atoms with Gasteiger partial charge in [-0.3, -0.25) is 4.79 Å². The molecule has 5 heteroatoms. The minimum absolute atomic E-state index is 0.0616. The highest BCUT2D eigenvalue weighted by molar-refractivity contribution is 5.96. The molecule has 0 fully saturated rings. The lowest BCUT2D eigenvalue weighted by molar-refractivity contribution is -0.671. The Morgan fingerprint density at radius 2 is 2.25 bits per heavy atom. The van der Waals surface area contributed by atoms with E-state index in [9.17, 15) is 10.1 Å². The van der Waals surface area contributed by atoms with Crippen LogP contribution in [0.25, 0.3) is 0 Å². The molecular formula is C15H16N3O2+. The number of pyridine rings is 1. The van der Waals surface area contributed by atoms with Crippen LogP contribution >= 0.6 is 0 Å². The van der Waals surface area contributed by atoms with Crippen LogP contribution in [0.5, 0.6) is 0 Å². The lowest BCUT2D eigenvalue weighted by Gasteiger charge is -2.25. The summed E-state index contributed by atoms with van der Waals surface area (Å²) in [6.07, 6.45) is 3.75. The van der Waals surface area contributed by atoms with Gasteiger partial charge in [0.25, 0.3) is 0 Å². The Morgan fingerprint density at radius 3 is 2.80 bits per heavy atom. The Balaban J connectivity index is 2.67. The normalized spacial score (nSPS) is 18.6. The number of nitriles is 1. The van der Waals surface area contributed by atoms with Gasteiger partial charge < -0.3 is 10.5 Å². The van der Waals surface area contributed by atoms with Gasteiger partial charge in [-0.05, 0) is 19.9 Å². The van der Waals surface area contributed by atoms with Crippen LogP contribution in [0.2, 0.25) is 0 Å². The zero-order valence-electron chi connectivity index (χ0n) is 11.7. The molecule has 0 radical (unpaired) electrons. The molecule has 1 aromatic rings. The number of allylic oxidation sites excluding steroid dienone is 3. The maximum atomic E-state index is 11.9. The molecule has 20 heavy (non-hydrogen) atoms. The largest absolute Gasteiger partial charge is 0.445 e. The van der Waals surface area contributed by atoms with Gasteiger partial charge >= 0.3 is 0 Å². The molecule has 1 aromatic heterocycles. The number of rotatable bonds is 2. The van der Waals surface area contributed by atoms with E-state index in [2.05, 4.69) is 6.07 Å². The van der Waals surface area contributed by atoms with E-state index in [1.807, 2.05) is 36.1 Å². The molecule has 5 nitrogen and oxygen atoms in total. The molecule has 0 aromatic carbocycles. The zero-order valence-corrected chi connectivity index (χ0v) is 11.7. The summed E-state index contributed by atoms with van der Waals surface area (Å²) in [4.78, 5) is 11.9. The second-order valence-corrected chi connectivity index (χ2v) is 4.75. The summed E-state index contributed by atoms with van der Waals surface area (Å²) in [7, 11) is 1.88. The van der Waals surface area contributed by atoms with E-state index in [1.54, 1.807) is 6.92 Å². The lowest BCUT2D eigenvalue weighted by Crippen LogP contribution is -2.29. The molecule has 102 valence electrons. The number of nitrogens with two attached hydrogens (primary N) is 1. The van der Waals surface area contributed by atoms with Crippen molar-refractivity contribution in [2.75, 3.05) is 0 Å². The molecule has 0 unspecified atom stereocenters. The Bertz CT molecular complexity index is 681. The Kier molecular flexibility index (Phi) is 3.57. The Morgan fingerprint density at radius 1 is 1.55 bits per heavy atom. The highest BCUT2D eigenvalue weighted by Crippen LogP contribution is 2.38. The fraction of sp³-hybridized carbons (Fsp3) is 0.267. The second-order valence-electron chi connectivity index (χ2n) is 4.75. The number of nitrogens with zero attached hydrogens (tertiary/aromatic N) is 2. The van der Waals surface area contributed by atoms with Crippen molar-refractivity contribution in [2.45, 2.75) is 19.8 Å². The predicted molar refractivity (Wildman–Crippen MR) is 71.7 cm³/mol. The number of carbonyl (C=O) groups excluding carboxylic acids is 1. The molecule has 0 spiro atoms. The van der Waals surface area contributed by atoms with Crippen LogP contribution in [0.4, 0.5) is 0 Å². The van der Waals surface area contributed by atoms with Gasteiger partial charge in [-0.15, -0.1) is 0 Å². The third kappa shape index (κ3) is 2.28. The maximum absolute atomic E-state index is 11.9. The van der Waals surface area contributed by atoms with E-state index in [1.165, 1.54) is 6.92 Å². The molecule has 1 atom stereocenters. The van der Waals surface area contributed by atoms with E-state index < -0.39 is 5.92 Å². The standard InChI is InChI=1S/C15H16N3O2/c1-9(19)13-10(2)20-15(17)12(7-16)14(13)11-5-4-6-18(3)8-11/h4-6,8,14H,17H2,1-3H3/q+1/t14-/m0/s1. The van der Waals surface area contributed by atoms with Crippen LogP contribution in [-0.4, -0.2) is 5.78 Å². The van der Waals surface area contributed by atoms with Crippen molar-refractivity contribution in [3.05, 3.63) is 52.9 Å². The van der Waals surface area contributed by atoms with Crippen molar-refractivity contribution in [3.8, 4) is 6.07 Å². The Labute approximate surface area is 117 Å². The van der Waals surface area contributed by atoms with Gasteiger partial charge in [-0.25, -0.2) is 4.57 Å². The number of carbonyl (C=O) groups is 1. The fourth-order valence-corrected chi connectivity index (χ4v) is 2.45. The molecule has 2 N–H and O–H groups in total. The van der Waals surface area contributed by atoms with Crippen LogP contribution in [0, 0.1) is 11.3 Å². The van der Waals surface area contributed by atoms with Gasteiger partial charge in [0.2, 0.25) is 5.88 Å². The Hall–Kier alpha value is -2.61. The number of aryl methyl sites for hydroxylation is 1. The molecule has 0 saturated heterocycles. The molecular weight excluding hydrogens is 254 g/mol. The maximum Gasteiger partial charge on any atom is 0.205 e. The first-order valence-corrected chi connectivity index (χ1v) is 6.20. The fourth-order valence-electron chi connectivity index (χ4n) is 2.45. The van der Waals surface area contributed by atoms with Gasteiger partial charge in [-0.2, -0.15) is 5.26 Å². The first-order valence-electron chi connectivity index (χ1n) is 6.20. The summed E-state index contributed by atoms with van der Waals surface area (Å²) in [6.45, 7) is 3.16. The summed E-state index contributed by atoms with van der Waals surface area (Å²) in [6, 6.07) is 5.80. The molecule has 0 aliphatic carbocycles. The second kappa shape index (κ2) is 5.17. The van der Waals surface area contributed by atoms with Crippen molar-refractivity contribution in [2.24, 2.45) is 12.8 Å². The minimum atomic E-state index is -0.473. The first-order chi connectivity index (χ1) is 9.45. The van der Waals surface area contributed by atoms with Crippen molar-refractivity contribution in [3.63, 3.8) is 0 Å². The zero-order chi connectivity index (χ0) is 14.9. The summed E-state index contributed by atoms with van der Waals surface area (Å²) >= 11 is 0. The summed E-state index contributed by atoms with van der Waals surface area (Å²) in [5, 5.41) is 9.34. The van der Waals surface area contributed by atoms with Crippen LogP contribution in [0.15, 0.2) is 47.3 Å². The minimum Gasteiger partial charge on any atom is -0.445 e. The highest BCUT2D eigenvalue weighted by Gasteiger charge is 2.34. The topological polar surface area (TPSA) is 80.0 Å². The molecule has 2 rings (SSSR count). The number of hydrogen-bond acceptors (Lipinski definition) is 4. The number of hydrogen-bond donors (Lipinski definition) is 1. The van der Waals surface area contributed by atoms with Crippen molar-refractivity contribution in [1.82, 2.24) is 0 Å². The number of ether oxygens (including phenoxy) is 1. The SMILES string of the molecule is CC(=O)C1=C(C)OC(N)=C(C#N)[C@@H]1c1ccc[n+](C)c1. The number of Topliss-reactive ketones (excluding diaryl/α,β-unsaturated/α-hetero) is 1. The van der Waals surface area contributed by atoms with E-state index in [4.69, 9.17) is 10.5 Å². The first kappa shape index (κ1) is 13.8. The van der Waals surface area contributed by atoms with E-state index >= 15 is 0 Å². The van der Waals surface area contributed by atoms with Gasteiger partial charge in [0.15, 0.2) is 18.2 Å². The third-order valence-corrected chi connectivity index (χ3v) is 3.28. The molecule has 0 amide bonds. The molecule has 1 aliphatic heterocycles. The molecule has 2 heterocycles. The van der Waals surface area contributed by atoms with Gasteiger partial charge in [0, 0.05) is 17.2 Å². The average Bonchev–Trinajstić information content (AvgIpc) is 2.37.